The van der Waals surface area contributed by atoms with Crippen LogP contribution in [0, 0.1) is 0 Å². The first-order valence-corrected chi connectivity index (χ1v) is 11.9. The largest absolute Gasteiger partial charge is 1.00 e. The minimum Gasteiger partial charge on any atom is -1.00 e. The molecule has 1 aromatic rings. The summed E-state index contributed by atoms with van der Waals surface area (Å²) in [5.41, 5.74) is 4.47. The molecular formula is C17H24Cl2NOSiZr. The van der Waals surface area contributed by atoms with E-state index < -0.39 is 8.07 Å². The van der Waals surface area contributed by atoms with Crippen LogP contribution >= 0.6 is 0 Å². The summed E-state index contributed by atoms with van der Waals surface area (Å²) in [7, 11) is -1.34. The zero-order valence-corrected chi connectivity index (χ0v) is 19.1. The van der Waals surface area contributed by atoms with Gasteiger partial charge in [-0.25, -0.2) is 0 Å². The number of rotatable bonds is 4. The topological polar surface area (TPSA) is 32.3 Å². The molecule has 0 saturated heterocycles. The van der Waals surface area contributed by atoms with Gasteiger partial charge in [-0.2, -0.15) is 0 Å². The molecule has 0 spiro atoms. The van der Waals surface area contributed by atoms with Crippen molar-refractivity contribution >= 4 is 19.0 Å². The number of aliphatic hydroxyl groups is 1. The zero-order valence-electron chi connectivity index (χ0n) is 14.1. The Bertz CT molecular complexity index is 630. The molecule has 3 rings (SSSR count). The van der Waals surface area contributed by atoms with Gasteiger partial charge in [-0.1, -0.05) is 0 Å². The van der Waals surface area contributed by atoms with Gasteiger partial charge in [0.05, 0.1) is 0 Å². The van der Waals surface area contributed by atoms with E-state index in [1.807, 2.05) is 0 Å². The number of fused-ring (bicyclic) bond motifs is 2. The number of aliphatic hydroxyl groups excluding tert-OH is 1. The molecule has 0 radical (unpaired) electrons. The monoisotopic (exact) mass is 446 g/mol. The Hall–Kier alpha value is 0.400. The Kier molecular flexibility index (Phi) is 6.84. The molecule has 1 aliphatic carbocycles. The van der Waals surface area contributed by atoms with Gasteiger partial charge in [0, 0.05) is 0 Å². The van der Waals surface area contributed by atoms with Gasteiger partial charge >= 0.3 is 144 Å². The van der Waals surface area contributed by atoms with Crippen molar-refractivity contribution in [2.75, 3.05) is 11.9 Å². The van der Waals surface area contributed by atoms with Crippen LogP contribution in [0.3, 0.4) is 0 Å². The van der Waals surface area contributed by atoms with Gasteiger partial charge in [-0.3, -0.25) is 0 Å². The van der Waals surface area contributed by atoms with Crippen molar-refractivity contribution in [1.29, 1.82) is 0 Å². The Morgan fingerprint density at radius 3 is 2.48 bits per heavy atom. The Morgan fingerprint density at radius 1 is 1.26 bits per heavy atom. The summed E-state index contributed by atoms with van der Waals surface area (Å²) in [6, 6.07) is 7.97. The maximum atomic E-state index is 9.19. The van der Waals surface area contributed by atoms with E-state index >= 15 is 0 Å². The summed E-state index contributed by atoms with van der Waals surface area (Å²) in [5.74, 6) is 0. The summed E-state index contributed by atoms with van der Waals surface area (Å²) < 4.78 is 0.680. The molecule has 2 unspecified atom stereocenters. The third-order valence-electron chi connectivity index (χ3n) is 4.64. The van der Waals surface area contributed by atoms with Crippen molar-refractivity contribution in [2.45, 2.75) is 48.9 Å². The minimum atomic E-state index is -1.34. The molecule has 2 N–H and O–H groups in total. The third-order valence-corrected chi connectivity index (χ3v) is 11.3. The average Bonchev–Trinajstić information content (AvgIpc) is 2.85. The van der Waals surface area contributed by atoms with E-state index in [2.05, 4.69) is 50.8 Å². The molecule has 2 aliphatic rings. The van der Waals surface area contributed by atoms with E-state index in [1.54, 1.807) is 40.7 Å². The molecule has 1 aromatic carbocycles. The van der Waals surface area contributed by atoms with Crippen LogP contribution in [-0.4, -0.2) is 25.3 Å². The molecule has 0 saturated carbocycles. The molecule has 125 valence electrons. The number of nitrogens with one attached hydrogen (secondary N) is 1. The minimum absolute atomic E-state index is 0. The Balaban J connectivity index is 0.00000132. The van der Waals surface area contributed by atoms with Crippen LogP contribution in [0.15, 0.2) is 23.4 Å². The van der Waals surface area contributed by atoms with Crippen molar-refractivity contribution in [1.82, 2.24) is 0 Å². The van der Waals surface area contributed by atoms with Crippen LogP contribution in [0.5, 0.6) is 0 Å². The van der Waals surface area contributed by atoms with Crippen molar-refractivity contribution in [3.8, 4) is 0 Å². The molecule has 6 heteroatoms. The summed E-state index contributed by atoms with van der Waals surface area (Å²) in [6.45, 7) is 9.50. The van der Waals surface area contributed by atoms with Crippen molar-refractivity contribution in [3.05, 3.63) is 34.5 Å². The molecular weight excluding hydrogens is 424 g/mol. The summed E-state index contributed by atoms with van der Waals surface area (Å²) in [4.78, 5) is 0. The van der Waals surface area contributed by atoms with Crippen molar-refractivity contribution < 1.29 is 54.6 Å². The molecule has 0 aromatic heterocycles. The van der Waals surface area contributed by atoms with E-state index in [4.69, 9.17) is 0 Å². The van der Waals surface area contributed by atoms with E-state index in [0.29, 0.717) is 10.2 Å². The molecule has 2 nitrogen and oxygen atoms in total. The number of allylic oxidation sites excluding steroid dienone is 1. The molecule has 0 fully saturated rings. The fourth-order valence-electron chi connectivity index (χ4n) is 3.76. The van der Waals surface area contributed by atoms with Crippen LogP contribution in [-0.2, 0) is 24.7 Å². The number of hydrogen-bond donors (Lipinski definition) is 2. The van der Waals surface area contributed by atoms with Crippen LogP contribution in [0.25, 0.3) is 5.20 Å². The smallest absolute Gasteiger partial charge is 1.00 e. The summed E-state index contributed by atoms with van der Waals surface area (Å²) in [6.07, 6.45) is 0.961. The number of hydrogen-bond acceptors (Lipinski definition) is 2. The van der Waals surface area contributed by atoms with Crippen LogP contribution in [0.2, 0.25) is 12.6 Å². The van der Waals surface area contributed by atoms with Gasteiger partial charge in [0.1, 0.15) is 0 Å². The predicted octanol–water partition coefficient (Wildman–Crippen LogP) is -2.19. The second-order valence-corrected chi connectivity index (χ2v) is 13.1. The van der Waals surface area contributed by atoms with Gasteiger partial charge in [0.25, 0.3) is 0 Å². The molecule has 2 atom stereocenters. The number of benzene rings is 1. The number of halogens is 2. The maximum Gasteiger partial charge on any atom is -1.00 e. The average molecular weight is 449 g/mol. The predicted molar refractivity (Wildman–Crippen MR) is 87.6 cm³/mol. The van der Waals surface area contributed by atoms with Gasteiger partial charge in [-0.05, 0) is 0 Å². The summed E-state index contributed by atoms with van der Waals surface area (Å²) in [5, 5.41) is 16.4. The van der Waals surface area contributed by atoms with Crippen LogP contribution < -0.4 is 30.1 Å². The fraction of sp³-hybridized carbons (Fsp3) is 0.529. The first-order valence-electron chi connectivity index (χ1n) is 7.78. The van der Waals surface area contributed by atoms with E-state index in [-0.39, 0.29) is 30.4 Å². The standard InChI is InChI=1S/C17H24NOSi.2ClH.Zr/c1-17(2,3)18-13-8-5-7-12-11-14-16(15(12)13)20(14,4)10-6-9-19;;;/h5,7-8,11,18-19H,6,9-10H2,1-4H3;2*1H;/q;;;+2/p-2. The fourth-order valence-corrected chi connectivity index (χ4v) is 12.2. The molecule has 0 bridgehead atoms. The molecule has 1 heterocycles. The Morgan fingerprint density at radius 2 is 1.91 bits per heavy atom. The van der Waals surface area contributed by atoms with E-state index in [1.165, 1.54) is 17.3 Å². The van der Waals surface area contributed by atoms with E-state index in [9.17, 15) is 5.11 Å². The molecule has 0 amide bonds. The summed E-state index contributed by atoms with van der Waals surface area (Å²) >= 11 is 1.62. The van der Waals surface area contributed by atoms with Crippen LogP contribution in [0.4, 0.5) is 5.69 Å². The van der Waals surface area contributed by atoms with Crippen LogP contribution in [0.1, 0.15) is 41.9 Å². The van der Waals surface area contributed by atoms with Gasteiger partial charge in [0.2, 0.25) is 0 Å². The van der Waals surface area contributed by atoms with Crippen molar-refractivity contribution in [3.63, 3.8) is 0 Å². The molecule has 23 heavy (non-hydrogen) atoms. The van der Waals surface area contributed by atoms with E-state index in [0.717, 1.165) is 6.42 Å². The molecule has 1 aliphatic heterocycles. The third kappa shape index (κ3) is 3.67. The van der Waals surface area contributed by atoms with Gasteiger partial charge in [0.15, 0.2) is 0 Å². The van der Waals surface area contributed by atoms with Crippen molar-refractivity contribution in [2.24, 2.45) is 0 Å². The van der Waals surface area contributed by atoms with Gasteiger partial charge in [-0.15, -0.1) is 0 Å². The first kappa shape index (κ1) is 21.4. The SMILES string of the molecule is CC(C)(C)Nc1cccc2c1C1=C([CH]2[Zr+2])[Si]1(C)CCCO.[Cl-].[Cl-]. The second kappa shape index (κ2) is 7.33. The zero-order chi connectivity index (χ0) is 15.4. The quantitative estimate of drug-likeness (QED) is 0.514. The first-order chi connectivity index (χ1) is 9.79. The number of anilines is 1. The normalized spacial score (nSPS) is 24.4. The maximum absolute atomic E-state index is 9.19. The second-order valence-electron chi connectivity index (χ2n) is 7.53. The Labute approximate surface area is 168 Å². The van der Waals surface area contributed by atoms with Gasteiger partial charge < -0.3 is 24.8 Å².